The molecule has 0 radical (unpaired) electrons. The number of hydrogen-bond acceptors (Lipinski definition) is 3. The summed E-state index contributed by atoms with van der Waals surface area (Å²) in [5, 5.41) is 30.8. The van der Waals surface area contributed by atoms with Gasteiger partial charge in [0.25, 0.3) is 0 Å². The monoisotopic (exact) mass is 392 g/mol. The summed E-state index contributed by atoms with van der Waals surface area (Å²) in [6.45, 7) is 6.99. The van der Waals surface area contributed by atoms with Crippen LogP contribution in [0.1, 0.15) is 85.0 Å². The highest BCUT2D eigenvalue weighted by molar-refractivity contribution is 5.66. The Morgan fingerprint density at radius 1 is 1.04 bits per heavy atom. The Bertz CT molecular complexity index is 605. The Labute approximate surface area is 170 Å². The summed E-state index contributed by atoms with van der Waals surface area (Å²) in [6.07, 6.45) is 9.26. The Morgan fingerprint density at radius 3 is 2.50 bits per heavy atom. The minimum atomic E-state index is -0.707. The van der Waals surface area contributed by atoms with E-state index in [0.717, 1.165) is 38.5 Å². The topological polar surface area (TPSA) is 77.8 Å². The number of fused-ring (bicyclic) bond motifs is 5. The molecule has 0 aromatic carbocycles. The van der Waals surface area contributed by atoms with Gasteiger partial charge in [0.15, 0.2) is 0 Å². The third kappa shape index (κ3) is 3.05. The first-order valence-corrected chi connectivity index (χ1v) is 11.8. The quantitative estimate of drug-likeness (QED) is 0.659. The number of rotatable bonds is 4. The van der Waals surface area contributed by atoms with Crippen LogP contribution in [0.5, 0.6) is 0 Å². The number of carboxylic acid groups (broad SMARTS) is 1. The van der Waals surface area contributed by atoms with Crippen molar-refractivity contribution in [2.75, 3.05) is 0 Å². The zero-order valence-electron chi connectivity index (χ0n) is 17.9. The summed E-state index contributed by atoms with van der Waals surface area (Å²) < 4.78 is 0. The van der Waals surface area contributed by atoms with Gasteiger partial charge < -0.3 is 15.3 Å². The van der Waals surface area contributed by atoms with Gasteiger partial charge in [0.1, 0.15) is 0 Å². The molecule has 0 aromatic heterocycles. The van der Waals surface area contributed by atoms with Crippen molar-refractivity contribution < 1.29 is 20.1 Å². The third-order valence-electron chi connectivity index (χ3n) is 10.3. The molecule has 4 fully saturated rings. The second-order valence-electron chi connectivity index (χ2n) is 11.3. The summed E-state index contributed by atoms with van der Waals surface area (Å²) in [4.78, 5) is 11.1. The molecule has 0 unspecified atom stereocenters. The van der Waals surface area contributed by atoms with Crippen molar-refractivity contribution in [3.05, 3.63) is 0 Å². The second-order valence-corrected chi connectivity index (χ2v) is 11.3. The van der Waals surface area contributed by atoms with Crippen molar-refractivity contribution in [3.8, 4) is 0 Å². The first-order valence-electron chi connectivity index (χ1n) is 11.8. The third-order valence-corrected chi connectivity index (χ3v) is 10.3. The van der Waals surface area contributed by atoms with E-state index in [9.17, 15) is 15.0 Å². The summed E-state index contributed by atoms with van der Waals surface area (Å²) >= 11 is 0. The normalized spacial score (nSPS) is 51.7. The lowest BCUT2D eigenvalue weighted by Gasteiger charge is -2.62. The molecule has 0 spiro atoms. The predicted octanol–water partition coefficient (Wildman–Crippen LogP) is 4.48. The molecule has 10 atom stereocenters. The molecular formula is C24H40O4. The number of carboxylic acids is 1. The maximum atomic E-state index is 11.5. The van der Waals surface area contributed by atoms with Crippen molar-refractivity contribution in [1.29, 1.82) is 0 Å². The molecule has 4 saturated carbocycles. The lowest BCUT2D eigenvalue weighted by atomic mass is 9.43. The van der Waals surface area contributed by atoms with Crippen molar-refractivity contribution in [2.24, 2.45) is 46.3 Å². The van der Waals surface area contributed by atoms with Crippen LogP contribution in [-0.2, 0) is 4.79 Å². The molecular weight excluding hydrogens is 352 g/mol. The average Bonchev–Trinajstić information content (AvgIpc) is 3.00. The van der Waals surface area contributed by atoms with E-state index in [-0.39, 0.29) is 29.5 Å². The number of aliphatic hydroxyl groups is 2. The molecule has 160 valence electrons. The molecule has 0 heterocycles. The molecule has 0 bridgehead atoms. The summed E-state index contributed by atoms with van der Waals surface area (Å²) in [6, 6.07) is 0. The van der Waals surface area contributed by atoms with Crippen LogP contribution in [0.4, 0.5) is 0 Å². The highest BCUT2D eigenvalue weighted by Gasteiger charge is 2.63. The molecule has 4 aliphatic carbocycles. The Hall–Kier alpha value is -0.610. The van der Waals surface area contributed by atoms with Crippen LogP contribution in [0.3, 0.4) is 0 Å². The molecule has 4 heteroatoms. The molecule has 28 heavy (non-hydrogen) atoms. The van der Waals surface area contributed by atoms with E-state index >= 15 is 0 Å². The van der Waals surface area contributed by atoms with Crippen LogP contribution >= 0.6 is 0 Å². The van der Waals surface area contributed by atoms with Gasteiger partial charge in [-0.15, -0.1) is 0 Å². The van der Waals surface area contributed by atoms with Gasteiger partial charge in [-0.3, -0.25) is 4.79 Å². The van der Waals surface area contributed by atoms with Crippen LogP contribution < -0.4 is 0 Å². The highest BCUT2D eigenvalue weighted by Crippen LogP contribution is 2.68. The maximum absolute atomic E-state index is 11.5. The SMILES string of the molecule is C[C@H](CCC(=O)O)[C@@H]1CC[C@@H]2[C@@H]3CC[C@@H]4C[C@H](O)CC[C@]4(C)[C@H]3C[C@H](O)[C@@]21C. The van der Waals surface area contributed by atoms with Gasteiger partial charge in [-0.1, -0.05) is 20.8 Å². The van der Waals surface area contributed by atoms with Gasteiger partial charge in [0.05, 0.1) is 12.2 Å². The fourth-order valence-corrected chi connectivity index (χ4v) is 8.71. The van der Waals surface area contributed by atoms with Gasteiger partial charge in [0.2, 0.25) is 0 Å². The number of carbonyl (C=O) groups is 1. The summed E-state index contributed by atoms with van der Waals surface area (Å²) in [7, 11) is 0. The molecule has 0 saturated heterocycles. The second kappa shape index (κ2) is 7.27. The first-order chi connectivity index (χ1) is 13.2. The average molecular weight is 393 g/mol. The Kier molecular flexibility index (Phi) is 5.36. The van der Waals surface area contributed by atoms with E-state index in [4.69, 9.17) is 5.11 Å². The fraction of sp³-hybridized carbons (Fsp3) is 0.958. The van der Waals surface area contributed by atoms with E-state index in [1.165, 1.54) is 19.3 Å². The molecule has 0 aliphatic heterocycles. The molecule has 4 rings (SSSR count). The Morgan fingerprint density at radius 2 is 1.79 bits per heavy atom. The van der Waals surface area contributed by atoms with Gasteiger partial charge in [-0.2, -0.15) is 0 Å². The standard InChI is InChI=1S/C24H40O4/c1-14(4-9-22(27)28)18-7-8-19-17-6-5-15-12-16(25)10-11-23(15,2)20(17)13-21(26)24(18,19)3/h14-21,25-26H,4-13H2,1-3H3,(H,27,28)/t14-,15-,16-,17+,18+,19-,20+,21+,23+,24-/m1/s1. The smallest absolute Gasteiger partial charge is 0.303 e. The molecule has 3 N–H and O–H groups in total. The molecule has 0 aromatic rings. The minimum Gasteiger partial charge on any atom is -0.481 e. The molecule has 0 amide bonds. The van der Waals surface area contributed by atoms with Gasteiger partial charge in [-0.05, 0) is 104 Å². The van der Waals surface area contributed by atoms with E-state index in [1.807, 2.05) is 0 Å². The largest absolute Gasteiger partial charge is 0.481 e. The molecule has 4 nitrogen and oxygen atoms in total. The Balaban J connectivity index is 1.56. The lowest BCUT2D eigenvalue weighted by molar-refractivity contribution is -0.175. The van der Waals surface area contributed by atoms with Crippen molar-refractivity contribution >= 4 is 5.97 Å². The van der Waals surface area contributed by atoms with Crippen LogP contribution in [0.15, 0.2) is 0 Å². The van der Waals surface area contributed by atoms with E-state index in [2.05, 4.69) is 20.8 Å². The van der Waals surface area contributed by atoms with Gasteiger partial charge in [0, 0.05) is 6.42 Å². The highest BCUT2D eigenvalue weighted by atomic mass is 16.4. The van der Waals surface area contributed by atoms with Crippen LogP contribution in [0, 0.1) is 46.3 Å². The zero-order chi connectivity index (χ0) is 20.3. The number of hydrogen-bond donors (Lipinski definition) is 3. The van der Waals surface area contributed by atoms with Crippen molar-refractivity contribution in [3.63, 3.8) is 0 Å². The van der Waals surface area contributed by atoms with E-state index in [0.29, 0.717) is 35.5 Å². The minimum absolute atomic E-state index is 0.0591. The lowest BCUT2D eigenvalue weighted by Crippen LogP contribution is -2.58. The summed E-state index contributed by atoms with van der Waals surface area (Å²) in [5.74, 6) is 2.55. The first kappa shape index (κ1) is 20.7. The summed E-state index contributed by atoms with van der Waals surface area (Å²) in [5.41, 5.74) is 0.216. The zero-order valence-corrected chi connectivity index (χ0v) is 17.9. The molecule has 4 aliphatic rings. The predicted molar refractivity (Wildman–Crippen MR) is 109 cm³/mol. The van der Waals surface area contributed by atoms with Crippen LogP contribution in [-0.4, -0.2) is 33.5 Å². The van der Waals surface area contributed by atoms with Crippen molar-refractivity contribution in [1.82, 2.24) is 0 Å². The fourth-order valence-electron chi connectivity index (χ4n) is 8.71. The van der Waals surface area contributed by atoms with Crippen molar-refractivity contribution in [2.45, 2.75) is 97.2 Å². The number of aliphatic hydroxyl groups excluding tert-OH is 2. The van der Waals surface area contributed by atoms with Crippen LogP contribution in [0.25, 0.3) is 0 Å². The van der Waals surface area contributed by atoms with Gasteiger partial charge in [-0.25, -0.2) is 0 Å². The number of aliphatic carboxylic acids is 1. The van der Waals surface area contributed by atoms with E-state index < -0.39 is 5.97 Å². The van der Waals surface area contributed by atoms with Crippen LogP contribution in [0.2, 0.25) is 0 Å². The van der Waals surface area contributed by atoms with E-state index in [1.54, 1.807) is 0 Å². The maximum Gasteiger partial charge on any atom is 0.303 e. The van der Waals surface area contributed by atoms with Gasteiger partial charge >= 0.3 is 5.97 Å².